The monoisotopic (exact) mass is 583 g/mol. The molecule has 1 saturated carbocycles. The van der Waals surface area contributed by atoms with Gasteiger partial charge in [-0.25, -0.2) is 22.7 Å². The summed E-state index contributed by atoms with van der Waals surface area (Å²) in [4.78, 5) is 8.15. The highest BCUT2D eigenvalue weighted by atomic mass is 35.5. The number of ether oxygens (including phenoxy) is 3. The third-order valence-electron chi connectivity index (χ3n) is 7.09. The van der Waals surface area contributed by atoms with E-state index < -0.39 is 10.0 Å². The number of halogens is 1. The second-order valence-electron chi connectivity index (χ2n) is 9.42. The van der Waals surface area contributed by atoms with Crippen molar-refractivity contribution >= 4 is 27.4 Å². The van der Waals surface area contributed by atoms with E-state index in [2.05, 4.69) is 15.1 Å². The fraction of sp³-hybridized carbons (Fsp3) is 0.321. The number of anilines is 1. The largest absolute Gasteiger partial charge is 0.497 e. The highest BCUT2D eigenvalue weighted by molar-refractivity contribution is 7.92. The molecule has 210 valence electrons. The van der Waals surface area contributed by atoms with Gasteiger partial charge in [-0.2, -0.15) is 5.10 Å². The highest BCUT2D eigenvalue weighted by Crippen LogP contribution is 2.39. The number of benzene rings is 2. The van der Waals surface area contributed by atoms with Crippen LogP contribution in [0.5, 0.6) is 17.2 Å². The molecule has 1 aliphatic carbocycles. The van der Waals surface area contributed by atoms with Crippen molar-refractivity contribution in [2.45, 2.75) is 42.7 Å². The lowest BCUT2D eigenvalue weighted by atomic mass is 10.0. The van der Waals surface area contributed by atoms with E-state index >= 15 is 0 Å². The van der Waals surface area contributed by atoms with Crippen molar-refractivity contribution in [3.63, 3.8) is 0 Å². The summed E-state index contributed by atoms with van der Waals surface area (Å²) in [7, 11) is 0.880. The fourth-order valence-electron chi connectivity index (χ4n) is 5.04. The molecule has 0 aliphatic heterocycles. The van der Waals surface area contributed by atoms with Crippen molar-refractivity contribution in [1.82, 2.24) is 19.7 Å². The summed E-state index contributed by atoms with van der Waals surface area (Å²) < 4.78 is 48.2. The normalized spacial score (nSPS) is 17.0. The molecule has 0 bridgehead atoms. The number of aromatic nitrogens is 4. The molecule has 12 heteroatoms. The molecule has 2 unspecified atom stereocenters. The van der Waals surface area contributed by atoms with E-state index in [0.29, 0.717) is 22.8 Å². The van der Waals surface area contributed by atoms with Crippen LogP contribution in [0.4, 0.5) is 5.82 Å². The minimum Gasteiger partial charge on any atom is -0.497 e. The molecular formula is C28H30ClN5O5S. The van der Waals surface area contributed by atoms with Crippen LogP contribution < -0.4 is 18.5 Å². The number of nitrogens with zero attached hydrogens (tertiary/aromatic N) is 5. The van der Waals surface area contributed by atoms with Crippen molar-refractivity contribution in [1.29, 1.82) is 0 Å². The zero-order valence-electron chi connectivity index (χ0n) is 22.4. The molecule has 1 aliphatic rings. The maximum atomic E-state index is 14.0. The Bertz CT molecular complexity index is 1580. The van der Waals surface area contributed by atoms with Crippen LogP contribution in [0.15, 0.2) is 72.1 Å². The third kappa shape index (κ3) is 5.57. The van der Waals surface area contributed by atoms with Crippen LogP contribution in [0.25, 0.3) is 0 Å². The summed E-state index contributed by atoms with van der Waals surface area (Å²) >= 11 is 6.62. The molecule has 0 amide bonds. The molecule has 0 spiro atoms. The molecule has 0 saturated heterocycles. The van der Waals surface area contributed by atoms with Crippen molar-refractivity contribution in [3.05, 3.63) is 83.5 Å². The summed E-state index contributed by atoms with van der Waals surface area (Å²) in [5.41, 5.74) is 1.73. The van der Waals surface area contributed by atoms with E-state index in [1.165, 1.54) is 42.1 Å². The van der Waals surface area contributed by atoms with E-state index in [1.54, 1.807) is 37.6 Å². The quantitative estimate of drug-likeness (QED) is 0.257. The Morgan fingerprint density at radius 3 is 2.55 bits per heavy atom. The van der Waals surface area contributed by atoms with Crippen LogP contribution in [0, 0.1) is 0 Å². The van der Waals surface area contributed by atoms with E-state index in [1.807, 2.05) is 17.8 Å². The van der Waals surface area contributed by atoms with Crippen molar-refractivity contribution in [2.24, 2.45) is 7.05 Å². The van der Waals surface area contributed by atoms with Gasteiger partial charge in [-0.15, -0.1) is 0 Å². The molecule has 40 heavy (non-hydrogen) atoms. The summed E-state index contributed by atoms with van der Waals surface area (Å²) in [5, 5.41) is 4.50. The van der Waals surface area contributed by atoms with Gasteiger partial charge in [0.05, 0.1) is 30.7 Å². The summed E-state index contributed by atoms with van der Waals surface area (Å²) in [6.45, 7) is -0.0448. The van der Waals surface area contributed by atoms with E-state index in [0.717, 1.165) is 25.0 Å². The minimum atomic E-state index is -4.11. The number of aryl methyl sites for hydroxylation is 1. The Hall–Kier alpha value is -3.83. The molecule has 4 aromatic rings. The Labute approximate surface area is 238 Å². The van der Waals surface area contributed by atoms with Gasteiger partial charge < -0.3 is 14.2 Å². The molecule has 2 atom stereocenters. The van der Waals surface area contributed by atoms with Gasteiger partial charge in [0, 0.05) is 48.7 Å². The van der Waals surface area contributed by atoms with Crippen molar-refractivity contribution in [3.8, 4) is 17.2 Å². The predicted octanol–water partition coefficient (Wildman–Crippen LogP) is 4.99. The number of rotatable bonds is 10. The van der Waals surface area contributed by atoms with Gasteiger partial charge in [0.2, 0.25) is 0 Å². The molecule has 1 fully saturated rings. The first-order valence-corrected chi connectivity index (χ1v) is 14.6. The molecule has 10 nitrogen and oxygen atoms in total. The predicted molar refractivity (Wildman–Crippen MR) is 151 cm³/mol. The van der Waals surface area contributed by atoms with Gasteiger partial charge in [-0.05, 0) is 55.7 Å². The smallest absolute Gasteiger partial charge is 0.265 e. The number of hydrogen-bond donors (Lipinski definition) is 0. The van der Waals surface area contributed by atoms with Gasteiger partial charge in [0.25, 0.3) is 10.0 Å². The Morgan fingerprint density at radius 1 is 1.02 bits per heavy atom. The molecule has 0 N–H and O–H groups in total. The molecule has 5 rings (SSSR count). The fourth-order valence-corrected chi connectivity index (χ4v) is 6.75. The summed E-state index contributed by atoms with van der Waals surface area (Å²) in [6, 6.07) is 13.3. The van der Waals surface area contributed by atoms with Gasteiger partial charge >= 0.3 is 0 Å². The average Bonchev–Trinajstić information content (AvgIpc) is 3.61. The van der Waals surface area contributed by atoms with Crippen molar-refractivity contribution < 1.29 is 22.6 Å². The van der Waals surface area contributed by atoms with E-state index in [9.17, 15) is 8.42 Å². The zero-order chi connectivity index (χ0) is 28.3. The zero-order valence-corrected chi connectivity index (χ0v) is 24.0. The third-order valence-corrected chi connectivity index (χ3v) is 9.13. The van der Waals surface area contributed by atoms with E-state index in [-0.39, 0.29) is 34.3 Å². The van der Waals surface area contributed by atoms with Crippen LogP contribution in [-0.4, -0.2) is 48.5 Å². The van der Waals surface area contributed by atoms with Crippen molar-refractivity contribution in [2.75, 3.05) is 18.5 Å². The van der Waals surface area contributed by atoms with Gasteiger partial charge in [-0.3, -0.25) is 4.68 Å². The summed E-state index contributed by atoms with van der Waals surface area (Å²) in [5.74, 6) is 1.89. The number of methoxy groups -OCH3 is 2. The standard InChI is InChI=1S/C28H30ClN5O5S/c1-33-24(11-14-32-33)22-5-4-6-25(22)39-26-10-9-21(16-23(26)29)40(35,36)34(28-12-13-30-18-31-28)17-19-7-8-20(37-2)15-27(19)38-3/h7-16,18,22,25H,4-6,17H2,1-3H3. The van der Waals surface area contributed by atoms with Gasteiger partial charge in [0.1, 0.15) is 35.5 Å². The van der Waals surface area contributed by atoms with E-state index in [4.69, 9.17) is 25.8 Å². The Kier molecular flexibility index (Phi) is 8.13. The first kappa shape index (κ1) is 27.7. The van der Waals surface area contributed by atoms with Crippen LogP contribution in [0.1, 0.15) is 36.4 Å². The lowest BCUT2D eigenvalue weighted by Gasteiger charge is -2.25. The van der Waals surface area contributed by atoms with Gasteiger partial charge in [-0.1, -0.05) is 11.6 Å². The molecule has 2 heterocycles. The maximum absolute atomic E-state index is 14.0. The Balaban J connectivity index is 1.44. The summed E-state index contributed by atoms with van der Waals surface area (Å²) in [6.07, 6.45) is 7.35. The highest BCUT2D eigenvalue weighted by Gasteiger charge is 2.33. The second-order valence-corrected chi connectivity index (χ2v) is 11.7. The Morgan fingerprint density at radius 2 is 1.88 bits per heavy atom. The average molecular weight is 584 g/mol. The van der Waals surface area contributed by atoms with Crippen LogP contribution in [0.3, 0.4) is 0 Å². The lowest BCUT2D eigenvalue weighted by molar-refractivity contribution is 0.187. The van der Waals surface area contributed by atoms with Crippen LogP contribution in [0.2, 0.25) is 5.02 Å². The van der Waals surface area contributed by atoms with Crippen LogP contribution >= 0.6 is 11.6 Å². The lowest BCUT2D eigenvalue weighted by Crippen LogP contribution is -2.31. The second kappa shape index (κ2) is 11.7. The first-order valence-electron chi connectivity index (χ1n) is 12.8. The van der Waals surface area contributed by atoms with Gasteiger partial charge in [0.15, 0.2) is 0 Å². The number of hydrogen-bond acceptors (Lipinski definition) is 8. The maximum Gasteiger partial charge on any atom is 0.265 e. The first-order chi connectivity index (χ1) is 19.3. The topological polar surface area (TPSA) is 109 Å². The van der Waals surface area contributed by atoms with Crippen LogP contribution in [-0.2, 0) is 23.6 Å². The number of sulfonamides is 1. The molecule has 2 aromatic carbocycles. The molecule has 2 aromatic heterocycles. The molecule has 0 radical (unpaired) electrons. The SMILES string of the molecule is COc1ccc(CN(c2ccncn2)S(=O)(=O)c2ccc(OC3CCCC3c3ccnn3C)c(Cl)c2)c(OC)c1. The molecular weight excluding hydrogens is 554 g/mol. The minimum absolute atomic E-state index is 0.00514.